The highest BCUT2D eigenvalue weighted by atomic mass is 16.6. The largest absolute Gasteiger partial charge is 0.300 e. The van der Waals surface area contributed by atoms with Gasteiger partial charge in [-0.15, -0.1) is 0 Å². The maximum Gasteiger partial charge on any atom is 0.269 e. The van der Waals surface area contributed by atoms with Crippen molar-refractivity contribution < 1.29 is 9.72 Å². The molecule has 0 heterocycles. The highest BCUT2D eigenvalue weighted by Crippen LogP contribution is 2.34. The van der Waals surface area contributed by atoms with Gasteiger partial charge in [-0.3, -0.25) is 14.9 Å². The summed E-state index contributed by atoms with van der Waals surface area (Å²) in [6.07, 6.45) is 1.06. The lowest BCUT2D eigenvalue weighted by Crippen LogP contribution is -2.21. The quantitative estimate of drug-likeness (QED) is 0.530. The van der Waals surface area contributed by atoms with Gasteiger partial charge in [0.05, 0.1) is 4.92 Å². The minimum atomic E-state index is -0.413. The van der Waals surface area contributed by atoms with Crippen LogP contribution in [0.3, 0.4) is 0 Å². The number of rotatable bonds is 2. The molecule has 1 aromatic rings. The summed E-state index contributed by atoms with van der Waals surface area (Å²) in [4.78, 5) is 20.8. The van der Waals surface area contributed by atoms with Crippen LogP contribution in [0, 0.1) is 10.1 Å². The molecule has 0 atom stereocenters. The number of non-ortho nitro benzene ring substituents is 1. The summed E-state index contributed by atoms with van der Waals surface area (Å²) < 4.78 is 0. The van der Waals surface area contributed by atoms with Crippen molar-refractivity contribution in [2.24, 2.45) is 0 Å². The van der Waals surface area contributed by atoms with Gasteiger partial charge in [0.1, 0.15) is 5.78 Å². The van der Waals surface area contributed by atoms with Crippen LogP contribution in [0.4, 0.5) is 5.69 Å². The Balaban J connectivity index is 2.22. The van der Waals surface area contributed by atoms with Crippen LogP contribution in [0.1, 0.15) is 24.3 Å². The molecule has 72 valence electrons. The van der Waals surface area contributed by atoms with Gasteiger partial charge in [-0.1, -0.05) is 12.1 Å². The summed E-state index contributed by atoms with van der Waals surface area (Å²) in [5, 5.41) is 10.5. The second-order valence-corrected chi connectivity index (χ2v) is 3.50. The zero-order chi connectivity index (χ0) is 10.1. The number of nitro benzene ring substituents is 1. The molecule has 4 heteroatoms. The molecule has 4 nitrogen and oxygen atoms in total. The fraction of sp³-hybridized carbons (Fsp3) is 0.300. The monoisotopic (exact) mass is 191 g/mol. The lowest BCUT2D eigenvalue weighted by Gasteiger charge is -2.23. The van der Waals surface area contributed by atoms with Crippen LogP contribution in [0.5, 0.6) is 0 Å². The van der Waals surface area contributed by atoms with Gasteiger partial charge >= 0.3 is 0 Å². The number of nitrogens with zero attached hydrogens (tertiary/aromatic N) is 1. The van der Waals surface area contributed by atoms with Crippen molar-refractivity contribution in [3.05, 3.63) is 39.9 Å². The number of ketones is 1. The SMILES string of the molecule is O=C1CC(c2cccc([N+](=O)[O-])c2)C1. The van der Waals surface area contributed by atoms with Crippen LogP contribution in [0.25, 0.3) is 0 Å². The molecular weight excluding hydrogens is 182 g/mol. The molecule has 0 spiro atoms. The molecule has 0 N–H and O–H groups in total. The van der Waals surface area contributed by atoms with Gasteiger partial charge in [-0.25, -0.2) is 0 Å². The zero-order valence-electron chi connectivity index (χ0n) is 7.47. The number of Topliss-reactive ketones (excluding diaryl/α,β-unsaturated/α-hetero) is 1. The van der Waals surface area contributed by atoms with Crippen LogP contribution in [0.15, 0.2) is 24.3 Å². The number of hydrogen-bond donors (Lipinski definition) is 0. The van der Waals surface area contributed by atoms with E-state index in [0.717, 1.165) is 5.56 Å². The molecule has 0 unspecified atom stereocenters. The molecular formula is C10H9NO3. The van der Waals surface area contributed by atoms with Gasteiger partial charge in [0.15, 0.2) is 0 Å². The minimum absolute atomic E-state index is 0.0989. The predicted molar refractivity (Wildman–Crippen MR) is 50.1 cm³/mol. The number of carbonyl (C=O) groups is 1. The van der Waals surface area contributed by atoms with Gasteiger partial charge < -0.3 is 0 Å². The molecule has 1 aliphatic carbocycles. The maximum absolute atomic E-state index is 10.8. The Hall–Kier alpha value is -1.71. The Labute approximate surface area is 80.7 Å². The summed E-state index contributed by atoms with van der Waals surface area (Å²) in [7, 11) is 0. The van der Waals surface area contributed by atoms with Crippen LogP contribution in [0.2, 0.25) is 0 Å². The molecule has 1 fully saturated rings. The Kier molecular flexibility index (Phi) is 2.04. The van der Waals surface area contributed by atoms with Gasteiger partial charge in [-0.05, 0) is 11.5 Å². The van der Waals surface area contributed by atoms with Crippen LogP contribution in [-0.4, -0.2) is 10.7 Å². The maximum atomic E-state index is 10.8. The Bertz CT molecular complexity index is 392. The molecule has 0 amide bonds. The molecule has 0 aliphatic heterocycles. The Morgan fingerprint density at radius 1 is 1.36 bits per heavy atom. The Morgan fingerprint density at radius 3 is 2.64 bits per heavy atom. The Morgan fingerprint density at radius 2 is 2.07 bits per heavy atom. The van der Waals surface area contributed by atoms with E-state index in [0.29, 0.717) is 12.8 Å². The van der Waals surface area contributed by atoms with E-state index in [4.69, 9.17) is 0 Å². The molecule has 1 aromatic carbocycles. The topological polar surface area (TPSA) is 60.2 Å². The van der Waals surface area contributed by atoms with E-state index in [2.05, 4.69) is 0 Å². The van der Waals surface area contributed by atoms with Gasteiger partial charge in [0.25, 0.3) is 5.69 Å². The molecule has 1 saturated carbocycles. The van der Waals surface area contributed by atoms with E-state index in [1.54, 1.807) is 12.1 Å². The van der Waals surface area contributed by atoms with Crippen molar-refractivity contribution >= 4 is 11.5 Å². The van der Waals surface area contributed by atoms with Crippen molar-refractivity contribution in [1.82, 2.24) is 0 Å². The van der Waals surface area contributed by atoms with Crippen molar-refractivity contribution in [3.63, 3.8) is 0 Å². The van der Waals surface area contributed by atoms with Crippen molar-refractivity contribution in [3.8, 4) is 0 Å². The lowest BCUT2D eigenvalue weighted by molar-refractivity contribution is -0.384. The van der Waals surface area contributed by atoms with E-state index >= 15 is 0 Å². The summed E-state index contributed by atoms with van der Waals surface area (Å²) in [5.41, 5.74) is 1.00. The first-order valence-corrected chi connectivity index (χ1v) is 4.43. The number of nitro groups is 1. The van der Waals surface area contributed by atoms with Gasteiger partial charge in [0, 0.05) is 25.0 Å². The van der Waals surface area contributed by atoms with Crippen LogP contribution >= 0.6 is 0 Å². The molecule has 1 aliphatic rings. The molecule has 0 saturated heterocycles. The van der Waals surface area contributed by atoms with Crippen molar-refractivity contribution in [2.45, 2.75) is 18.8 Å². The highest BCUT2D eigenvalue weighted by Gasteiger charge is 2.28. The van der Waals surface area contributed by atoms with E-state index in [-0.39, 0.29) is 17.4 Å². The number of benzene rings is 1. The second kappa shape index (κ2) is 3.21. The lowest BCUT2D eigenvalue weighted by atomic mass is 9.79. The molecule has 0 radical (unpaired) electrons. The van der Waals surface area contributed by atoms with Crippen molar-refractivity contribution in [2.75, 3.05) is 0 Å². The van der Waals surface area contributed by atoms with E-state index in [1.807, 2.05) is 6.07 Å². The summed E-state index contributed by atoms with van der Waals surface area (Å²) in [6.45, 7) is 0. The van der Waals surface area contributed by atoms with Crippen LogP contribution < -0.4 is 0 Å². The van der Waals surface area contributed by atoms with Gasteiger partial charge in [0.2, 0.25) is 0 Å². The standard InChI is InChI=1S/C10H9NO3/c12-10-5-8(6-10)7-2-1-3-9(4-7)11(13)14/h1-4,8H,5-6H2. The first-order valence-electron chi connectivity index (χ1n) is 4.43. The zero-order valence-corrected chi connectivity index (χ0v) is 7.47. The average Bonchev–Trinajstić information content (AvgIpc) is 2.13. The third kappa shape index (κ3) is 1.51. The average molecular weight is 191 g/mol. The second-order valence-electron chi connectivity index (χ2n) is 3.50. The first-order chi connectivity index (χ1) is 6.66. The molecule has 0 bridgehead atoms. The van der Waals surface area contributed by atoms with E-state index in [9.17, 15) is 14.9 Å². The smallest absolute Gasteiger partial charge is 0.269 e. The third-order valence-corrected chi connectivity index (χ3v) is 2.50. The van der Waals surface area contributed by atoms with Crippen molar-refractivity contribution in [1.29, 1.82) is 0 Å². The summed E-state index contributed by atoms with van der Waals surface area (Å²) >= 11 is 0. The number of hydrogen-bond acceptors (Lipinski definition) is 3. The molecule has 2 rings (SSSR count). The fourth-order valence-corrected chi connectivity index (χ4v) is 1.62. The summed E-state index contributed by atoms with van der Waals surface area (Å²) in [6, 6.07) is 6.52. The van der Waals surface area contributed by atoms with E-state index in [1.165, 1.54) is 6.07 Å². The normalized spacial score (nSPS) is 16.4. The third-order valence-electron chi connectivity index (χ3n) is 2.50. The van der Waals surface area contributed by atoms with E-state index < -0.39 is 4.92 Å². The fourth-order valence-electron chi connectivity index (χ4n) is 1.62. The summed E-state index contributed by atoms with van der Waals surface area (Å²) in [5.74, 6) is 0.434. The highest BCUT2D eigenvalue weighted by molar-refractivity contribution is 5.86. The van der Waals surface area contributed by atoms with Gasteiger partial charge in [-0.2, -0.15) is 0 Å². The first kappa shape index (κ1) is 8.87. The minimum Gasteiger partial charge on any atom is -0.300 e. The molecule has 0 aromatic heterocycles. The number of carbonyl (C=O) groups excluding carboxylic acids is 1. The molecule has 14 heavy (non-hydrogen) atoms. The van der Waals surface area contributed by atoms with Crippen LogP contribution in [-0.2, 0) is 4.79 Å². The predicted octanol–water partition coefficient (Wildman–Crippen LogP) is 2.04.